The molecule has 2 rings (SSSR count). The number of carboxylic acids is 1. The number of hydrogen-bond acceptors (Lipinski definition) is 5. The van der Waals surface area contributed by atoms with Crippen LogP contribution in [0.2, 0.25) is 0 Å². The van der Waals surface area contributed by atoms with Crippen LogP contribution in [-0.2, 0) is 4.79 Å². The monoisotopic (exact) mass is 304 g/mol. The van der Waals surface area contributed by atoms with Crippen LogP contribution in [0.1, 0.15) is 6.92 Å². The van der Waals surface area contributed by atoms with Gasteiger partial charge in [-0.15, -0.1) is 0 Å². The third kappa shape index (κ3) is 4.59. The van der Waals surface area contributed by atoms with Crippen LogP contribution in [0.5, 0.6) is 11.5 Å². The molecule has 0 fully saturated rings. The molecule has 0 heterocycles. The number of methoxy groups -OCH3 is 2. The smallest absolute Gasteiger partial charge is 0.300 e. The minimum atomic E-state index is -0.833. The number of nitrogen functional groups attached to an aromatic ring is 2. The lowest BCUT2D eigenvalue weighted by atomic mass is 10.0. The van der Waals surface area contributed by atoms with Crippen molar-refractivity contribution in [2.45, 2.75) is 6.92 Å². The summed E-state index contributed by atoms with van der Waals surface area (Å²) in [5.74, 6) is 0.642. The molecule has 22 heavy (non-hydrogen) atoms. The molecule has 118 valence electrons. The second-order valence-corrected chi connectivity index (χ2v) is 4.43. The number of nitrogens with two attached hydrogens (primary N) is 2. The van der Waals surface area contributed by atoms with Crippen LogP contribution < -0.4 is 20.9 Å². The van der Waals surface area contributed by atoms with Crippen LogP contribution in [-0.4, -0.2) is 25.3 Å². The van der Waals surface area contributed by atoms with Crippen molar-refractivity contribution >= 4 is 17.3 Å². The van der Waals surface area contributed by atoms with Gasteiger partial charge >= 0.3 is 0 Å². The number of benzene rings is 2. The van der Waals surface area contributed by atoms with E-state index in [2.05, 4.69) is 0 Å². The van der Waals surface area contributed by atoms with Gasteiger partial charge in [0.25, 0.3) is 5.97 Å². The third-order valence-electron chi connectivity index (χ3n) is 2.81. The zero-order valence-electron chi connectivity index (χ0n) is 12.8. The van der Waals surface area contributed by atoms with Crippen molar-refractivity contribution < 1.29 is 19.4 Å². The summed E-state index contributed by atoms with van der Waals surface area (Å²) in [6.45, 7) is 1.08. The zero-order valence-corrected chi connectivity index (χ0v) is 12.8. The van der Waals surface area contributed by atoms with Gasteiger partial charge in [-0.25, -0.2) is 0 Å². The summed E-state index contributed by atoms with van der Waals surface area (Å²) < 4.78 is 10.4. The Balaban J connectivity index is 0.000000541. The van der Waals surface area contributed by atoms with E-state index in [1.54, 1.807) is 26.4 Å². The molecule has 0 aromatic heterocycles. The van der Waals surface area contributed by atoms with E-state index in [0.717, 1.165) is 29.5 Å². The summed E-state index contributed by atoms with van der Waals surface area (Å²) in [5, 5.41) is 7.42. The van der Waals surface area contributed by atoms with E-state index < -0.39 is 5.97 Å². The number of anilines is 2. The summed E-state index contributed by atoms with van der Waals surface area (Å²) in [4.78, 5) is 9.00. The molecule has 0 aliphatic heterocycles. The molecule has 0 amide bonds. The summed E-state index contributed by atoms with van der Waals surface area (Å²) in [5.41, 5.74) is 14.9. The number of aliphatic carboxylic acids is 1. The molecular formula is C16H20N2O4. The maximum Gasteiger partial charge on any atom is 0.300 e. The Morgan fingerprint density at radius 3 is 1.50 bits per heavy atom. The number of ether oxygens (including phenoxy) is 2. The fraction of sp³-hybridized carbons (Fsp3) is 0.188. The van der Waals surface area contributed by atoms with Crippen LogP contribution in [0.3, 0.4) is 0 Å². The fourth-order valence-corrected chi connectivity index (χ4v) is 1.79. The van der Waals surface area contributed by atoms with Gasteiger partial charge in [-0.1, -0.05) is 0 Å². The van der Waals surface area contributed by atoms with Gasteiger partial charge in [-0.05, 0) is 36.4 Å². The molecule has 5 N–H and O–H groups in total. The number of rotatable bonds is 3. The van der Waals surface area contributed by atoms with Crippen LogP contribution in [0.4, 0.5) is 11.4 Å². The maximum absolute atomic E-state index is 9.00. The molecule has 0 radical (unpaired) electrons. The Labute approximate surface area is 129 Å². The number of hydrogen-bond donors (Lipinski definition) is 3. The average molecular weight is 304 g/mol. The minimum absolute atomic E-state index is 0.649. The normalized spacial score (nSPS) is 9.41. The van der Waals surface area contributed by atoms with E-state index in [-0.39, 0.29) is 0 Å². The number of carboxylic acid groups (broad SMARTS) is 1. The van der Waals surface area contributed by atoms with Gasteiger partial charge in [0.05, 0.1) is 14.2 Å². The Morgan fingerprint density at radius 1 is 0.909 bits per heavy atom. The van der Waals surface area contributed by atoms with Crippen molar-refractivity contribution in [1.29, 1.82) is 0 Å². The molecule has 0 saturated carbocycles. The maximum atomic E-state index is 9.00. The summed E-state index contributed by atoms with van der Waals surface area (Å²) >= 11 is 0. The topological polar surface area (TPSA) is 108 Å². The van der Waals surface area contributed by atoms with Crippen molar-refractivity contribution in [3.63, 3.8) is 0 Å². The SMILES string of the molecule is CC(=O)O.COc1ccc(N)c(-c2cc(OC)ccc2N)c1. The molecule has 2 aromatic rings. The number of carbonyl (C=O) groups is 1. The van der Waals surface area contributed by atoms with Gasteiger partial charge in [0, 0.05) is 29.4 Å². The van der Waals surface area contributed by atoms with Gasteiger partial charge in [-0.2, -0.15) is 0 Å². The van der Waals surface area contributed by atoms with E-state index in [0.29, 0.717) is 11.4 Å². The van der Waals surface area contributed by atoms with Gasteiger partial charge < -0.3 is 26.0 Å². The van der Waals surface area contributed by atoms with Crippen molar-refractivity contribution in [3.05, 3.63) is 36.4 Å². The molecule has 0 atom stereocenters. The summed E-state index contributed by atoms with van der Waals surface area (Å²) in [6, 6.07) is 10.9. The van der Waals surface area contributed by atoms with Gasteiger partial charge in [0.2, 0.25) is 0 Å². The molecule has 6 nitrogen and oxygen atoms in total. The fourth-order valence-electron chi connectivity index (χ4n) is 1.79. The predicted octanol–water partition coefficient (Wildman–Crippen LogP) is 2.63. The van der Waals surface area contributed by atoms with Crippen molar-refractivity contribution in [1.82, 2.24) is 0 Å². The van der Waals surface area contributed by atoms with E-state index in [9.17, 15) is 0 Å². The zero-order chi connectivity index (χ0) is 16.7. The second-order valence-electron chi connectivity index (χ2n) is 4.43. The average Bonchev–Trinajstić information content (AvgIpc) is 2.48. The Bertz CT molecular complexity index is 601. The Morgan fingerprint density at radius 2 is 1.23 bits per heavy atom. The van der Waals surface area contributed by atoms with Crippen LogP contribution in [0, 0.1) is 0 Å². The molecule has 2 aromatic carbocycles. The highest BCUT2D eigenvalue weighted by Crippen LogP contribution is 2.35. The van der Waals surface area contributed by atoms with Crippen LogP contribution >= 0.6 is 0 Å². The van der Waals surface area contributed by atoms with E-state index in [4.69, 9.17) is 30.8 Å². The predicted molar refractivity (Wildman–Crippen MR) is 87.1 cm³/mol. The third-order valence-corrected chi connectivity index (χ3v) is 2.81. The molecule has 6 heteroatoms. The largest absolute Gasteiger partial charge is 0.497 e. The molecule has 0 aliphatic carbocycles. The first-order valence-corrected chi connectivity index (χ1v) is 6.46. The first kappa shape index (κ1) is 17.2. The molecule has 0 saturated heterocycles. The lowest BCUT2D eigenvalue weighted by Gasteiger charge is -2.12. The summed E-state index contributed by atoms with van der Waals surface area (Å²) in [6.07, 6.45) is 0. The quantitative estimate of drug-likeness (QED) is 0.752. The molecule has 0 aliphatic rings. The molecule has 0 spiro atoms. The van der Waals surface area contributed by atoms with Crippen molar-refractivity contribution in [2.75, 3.05) is 25.7 Å². The summed E-state index contributed by atoms with van der Waals surface area (Å²) in [7, 11) is 3.23. The Hall–Kier alpha value is -2.89. The van der Waals surface area contributed by atoms with Crippen LogP contribution in [0.25, 0.3) is 11.1 Å². The van der Waals surface area contributed by atoms with E-state index in [1.165, 1.54) is 0 Å². The second kappa shape index (κ2) is 7.78. The van der Waals surface area contributed by atoms with E-state index in [1.807, 2.05) is 24.3 Å². The van der Waals surface area contributed by atoms with Gasteiger partial charge in [-0.3, -0.25) is 4.79 Å². The van der Waals surface area contributed by atoms with E-state index >= 15 is 0 Å². The van der Waals surface area contributed by atoms with Crippen molar-refractivity contribution in [2.24, 2.45) is 0 Å². The first-order valence-electron chi connectivity index (χ1n) is 6.46. The van der Waals surface area contributed by atoms with Crippen LogP contribution in [0.15, 0.2) is 36.4 Å². The lowest BCUT2D eigenvalue weighted by Crippen LogP contribution is -1.96. The van der Waals surface area contributed by atoms with Gasteiger partial charge in [0.1, 0.15) is 11.5 Å². The molecule has 0 bridgehead atoms. The Kier molecular flexibility index (Phi) is 6.07. The lowest BCUT2D eigenvalue weighted by molar-refractivity contribution is -0.134. The highest BCUT2D eigenvalue weighted by atomic mass is 16.5. The minimum Gasteiger partial charge on any atom is -0.497 e. The van der Waals surface area contributed by atoms with Crippen molar-refractivity contribution in [3.8, 4) is 22.6 Å². The molecule has 0 unspecified atom stereocenters. The molecular weight excluding hydrogens is 284 g/mol. The standard InChI is InChI=1S/C14H16N2O2.C2H4O2/c1-17-9-3-5-13(15)11(7-9)12-8-10(18-2)4-6-14(12)16;1-2(3)4/h3-8H,15-16H2,1-2H3;1H3,(H,3,4). The highest BCUT2D eigenvalue weighted by Gasteiger charge is 2.09. The highest BCUT2D eigenvalue weighted by molar-refractivity contribution is 5.85. The van der Waals surface area contributed by atoms with Gasteiger partial charge in [0.15, 0.2) is 0 Å². The first-order chi connectivity index (χ1) is 10.4.